The minimum absolute atomic E-state index is 0.645. The van der Waals surface area contributed by atoms with Crippen LogP contribution < -0.4 is 5.32 Å². The summed E-state index contributed by atoms with van der Waals surface area (Å²) < 4.78 is 0. The van der Waals surface area contributed by atoms with Gasteiger partial charge in [0.15, 0.2) is 0 Å². The molecule has 2 aromatic carbocycles. The predicted molar refractivity (Wildman–Crippen MR) is 81.2 cm³/mol. The third-order valence-electron chi connectivity index (χ3n) is 2.71. The maximum Gasteiger partial charge on any atom is 0.106 e. The van der Waals surface area contributed by atoms with Crippen LogP contribution in [0.5, 0.6) is 0 Å². The first-order valence-corrected chi connectivity index (χ1v) is 6.54. The molecule has 92 valence electrons. The molecule has 0 saturated carbocycles. The molecule has 1 nitrogen and oxygen atoms in total. The highest BCUT2D eigenvalue weighted by atomic mass is 35.5. The van der Waals surface area contributed by atoms with E-state index in [4.69, 9.17) is 23.8 Å². The largest absolute Gasteiger partial charge is 0.372 e. The van der Waals surface area contributed by atoms with Crippen LogP contribution >= 0.6 is 23.8 Å². The summed E-state index contributed by atoms with van der Waals surface area (Å²) >= 11 is 11.4. The van der Waals surface area contributed by atoms with Crippen LogP contribution in [0.4, 0.5) is 0 Å². The Hall–Kier alpha value is -1.38. The molecule has 0 radical (unpaired) electrons. The van der Waals surface area contributed by atoms with E-state index in [-0.39, 0.29) is 0 Å². The quantitative estimate of drug-likeness (QED) is 0.846. The van der Waals surface area contributed by atoms with Crippen molar-refractivity contribution < 1.29 is 0 Å². The van der Waals surface area contributed by atoms with Crippen LogP contribution in [0.25, 0.3) is 0 Å². The SMILES string of the molecule is Cc1ccc(C(=S)NCc2ccccc2Cl)cc1. The fourth-order valence-electron chi connectivity index (χ4n) is 1.62. The summed E-state index contributed by atoms with van der Waals surface area (Å²) in [6.07, 6.45) is 0. The lowest BCUT2D eigenvalue weighted by Gasteiger charge is -2.09. The summed E-state index contributed by atoms with van der Waals surface area (Å²) in [5.74, 6) is 0. The number of hydrogen-bond donors (Lipinski definition) is 1. The monoisotopic (exact) mass is 275 g/mol. The van der Waals surface area contributed by atoms with Crippen molar-refractivity contribution in [3.05, 3.63) is 70.2 Å². The molecule has 1 N–H and O–H groups in total. The molecule has 0 aromatic heterocycles. The van der Waals surface area contributed by atoms with Crippen LogP contribution in [-0.2, 0) is 6.54 Å². The van der Waals surface area contributed by atoms with Gasteiger partial charge in [-0.2, -0.15) is 0 Å². The van der Waals surface area contributed by atoms with Gasteiger partial charge in [-0.05, 0) is 18.6 Å². The fourth-order valence-corrected chi connectivity index (χ4v) is 2.04. The molecule has 0 aliphatic heterocycles. The number of benzene rings is 2. The Balaban J connectivity index is 2.01. The van der Waals surface area contributed by atoms with E-state index in [1.807, 2.05) is 36.4 Å². The Morgan fingerprint density at radius 1 is 1.11 bits per heavy atom. The van der Waals surface area contributed by atoms with Gasteiger partial charge in [0, 0.05) is 17.1 Å². The van der Waals surface area contributed by atoms with Crippen LogP contribution in [0.15, 0.2) is 48.5 Å². The summed E-state index contributed by atoms with van der Waals surface area (Å²) in [7, 11) is 0. The van der Waals surface area contributed by atoms with Crippen molar-refractivity contribution >= 4 is 28.8 Å². The molecule has 3 heteroatoms. The molecule has 0 aliphatic carbocycles. The number of thiocarbonyl (C=S) groups is 1. The highest BCUT2D eigenvalue weighted by Gasteiger charge is 2.02. The van der Waals surface area contributed by atoms with E-state index in [0.717, 1.165) is 21.1 Å². The minimum Gasteiger partial charge on any atom is -0.372 e. The van der Waals surface area contributed by atoms with E-state index < -0.39 is 0 Å². The Labute approximate surface area is 118 Å². The lowest BCUT2D eigenvalue weighted by molar-refractivity contribution is 0.929. The van der Waals surface area contributed by atoms with Gasteiger partial charge in [-0.1, -0.05) is 71.8 Å². The van der Waals surface area contributed by atoms with Gasteiger partial charge in [0.2, 0.25) is 0 Å². The molecule has 0 aliphatic rings. The Bertz CT molecular complexity index is 549. The van der Waals surface area contributed by atoms with E-state index >= 15 is 0 Å². The summed E-state index contributed by atoms with van der Waals surface area (Å²) in [5.41, 5.74) is 3.31. The molecular formula is C15H14ClNS. The molecule has 2 rings (SSSR count). The number of aryl methyl sites for hydroxylation is 1. The van der Waals surface area contributed by atoms with E-state index in [2.05, 4.69) is 24.4 Å². The highest BCUT2D eigenvalue weighted by molar-refractivity contribution is 7.80. The predicted octanol–water partition coefficient (Wildman–Crippen LogP) is 4.11. The second kappa shape index (κ2) is 5.98. The zero-order valence-electron chi connectivity index (χ0n) is 10.1. The van der Waals surface area contributed by atoms with E-state index in [0.29, 0.717) is 6.54 Å². The molecule has 0 fully saturated rings. The van der Waals surface area contributed by atoms with Crippen molar-refractivity contribution in [3.8, 4) is 0 Å². The number of halogens is 1. The average Bonchev–Trinajstić information content (AvgIpc) is 2.38. The standard InChI is InChI=1S/C15H14ClNS/c1-11-6-8-12(9-7-11)15(18)17-10-13-4-2-3-5-14(13)16/h2-9H,10H2,1H3,(H,17,18). The van der Waals surface area contributed by atoms with Gasteiger partial charge in [0.1, 0.15) is 4.99 Å². The number of nitrogens with one attached hydrogen (secondary N) is 1. The van der Waals surface area contributed by atoms with Crippen molar-refractivity contribution in [3.63, 3.8) is 0 Å². The Kier molecular flexibility index (Phi) is 4.34. The van der Waals surface area contributed by atoms with Crippen LogP contribution in [-0.4, -0.2) is 4.99 Å². The van der Waals surface area contributed by atoms with Gasteiger partial charge in [-0.25, -0.2) is 0 Å². The van der Waals surface area contributed by atoms with Crippen LogP contribution in [0.2, 0.25) is 5.02 Å². The molecule has 0 bridgehead atoms. The van der Waals surface area contributed by atoms with E-state index in [9.17, 15) is 0 Å². The highest BCUT2D eigenvalue weighted by Crippen LogP contribution is 2.14. The molecule has 0 atom stereocenters. The van der Waals surface area contributed by atoms with Gasteiger partial charge >= 0.3 is 0 Å². The first-order valence-electron chi connectivity index (χ1n) is 5.75. The molecule has 0 spiro atoms. The Morgan fingerprint density at radius 3 is 2.44 bits per heavy atom. The van der Waals surface area contributed by atoms with Crippen molar-refractivity contribution in [1.82, 2.24) is 5.32 Å². The molecule has 18 heavy (non-hydrogen) atoms. The summed E-state index contributed by atoms with van der Waals surface area (Å²) in [6, 6.07) is 15.9. The zero-order valence-corrected chi connectivity index (χ0v) is 11.7. The lowest BCUT2D eigenvalue weighted by Crippen LogP contribution is -2.21. The van der Waals surface area contributed by atoms with Crippen LogP contribution in [0.1, 0.15) is 16.7 Å². The average molecular weight is 276 g/mol. The first-order chi connectivity index (χ1) is 8.66. The molecule has 0 heterocycles. The van der Waals surface area contributed by atoms with Crippen molar-refractivity contribution in [2.45, 2.75) is 13.5 Å². The summed E-state index contributed by atoms with van der Waals surface area (Å²) in [5, 5.41) is 3.98. The van der Waals surface area contributed by atoms with E-state index in [1.165, 1.54) is 5.56 Å². The lowest BCUT2D eigenvalue weighted by atomic mass is 10.1. The topological polar surface area (TPSA) is 12.0 Å². The minimum atomic E-state index is 0.645. The van der Waals surface area contributed by atoms with Crippen LogP contribution in [0.3, 0.4) is 0 Å². The zero-order chi connectivity index (χ0) is 13.0. The second-order valence-corrected chi connectivity index (χ2v) is 4.96. The molecule has 0 amide bonds. The molecule has 2 aromatic rings. The van der Waals surface area contributed by atoms with Gasteiger partial charge in [-0.15, -0.1) is 0 Å². The van der Waals surface area contributed by atoms with Crippen molar-refractivity contribution in [1.29, 1.82) is 0 Å². The molecule has 0 saturated heterocycles. The smallest absolute Gasteiger partial charge is 0.106 e. The third-order valence-corrected chi connectivity index (χ3v) is 3.46. The second-order valence-electron chi connectivity index (χ2n) is 4.14. The fraction of sp³-hybridized carbons (Fsp3) is 0.133. The van der Waals surface area contributed by atoms with Crippen molar-refractivity contribution in [2.75, 3.05) is 0 Å². The van der Waals surface area contributed by atoms with Gasteiger partial charge in [0.05, 0.1) is 0 Å². The maximum absolute atomic E-state index is 6.09. The number of hydrogen-bond acceptors (Lipinski definition) is 1. The summed E-state index contributed by atoms with van der Waals surface area (Å²) in [4.78, 5) is 0.745. The van der Waals surface area contributed by atoms with Crippen molar-refractivity contribution in [2.24, 2.45) is 0 Å². The van der Waals surface area contributed by atoms with Gasteiger partial charge in [0.25, 0.3) is 0 Å². The normalized spacial score (nSPS) is 10.1. The maximum atomic E-state index is 6.09. The van der Waals surface area contributed by atoms with Gasteiger partial charge in [-0.3, -0.25) is 0 Å². The number of rotatable bonds is 3. The van der Waals surface area contributed by atoms with E-state index in [1.54, 1.807) is 0 Å². The molecule has 0 unspecified atom stereocenters. The third kappa shape index (κ3) is 3.31. The van der Waals surface area contributed by atoms with Gasteiger partial charge < -0.3 is 5.32 Å². The Morgan fingerprint density at radius 2 is 1.78 bits per heavy atom. The first kappa shape index (κ1) is 13.1. The summed E-state index contributed by atoms with van der Waals surface area (Å²) in [6.45, 7) is 2.70. The molecular weight excluding hydrogens is 262 g/mol. The van der Waals surface area contributed by atoms with Crippen LogP contribution in [0, 0.1) is 6.92 Å².